The van der Waals surface area contributed by atoms with E-state index < -0.39 is 0 Å². The number of rotatable bonds is 3. The van der Waals surface area contributed by atoms with E-state index in [0.717, 1.165) is 17.9 Å². The van der Waals surface area contributed by atoms with E-state index in [1.54, 1.807) is 0 Å². The second-order valence-corrected chi connectivity index (χ2v) is 3.01. The van der Waals surface area contributed by atoms with Gasteiger partial charge >= 0.3 is 0 Å². The van der Waals surface area contributed by atoms with Crippen LogP contribution < -0.4 is 0 Å². The highest BCUT2D eigenvalue weighted by Crippen LogP contribution is 2.11. The normalized spacial score (nSPS) is 10.0. The summed E-state index contributed by atoms with van der Waals surface area (Å²) in [5.41, 5.74) is 1.35. The molecule has 0 aliphatic carbocycles. The van der Waals surface area contributed by atoms with Gasteiger partial charge in [0.15, 0.2) is 0 Å². The van der Waals surface area contributed by atoms with Gasteiger partial charge in [-0.1, -0.05) is 30.7 Å². The Kier molecular flexibility index (Phi) is 3.44. The molecule has 1 aromatic carbocycles. The molecule has 0 saturated carbocycles. The molecule has 1 heteroatoms. The van der Waals surface area contributed by atoms with Crippen molar-refractivity contribution in [3.8, 4) is 0 Å². The lowest BCUT2D eigenvalue weighted by molar-refractivity contribution is 0.937. The second kappa shape index (κ2) is 4.40. The Morgan fingerprint density at radius 3 is 2.45 bits per heavy atom. The van der Waals surface area contributed by atoms with Crippen LogP contribution in [0.1, 0.15) is 18.9 Å². The topological polar surface area (TPSA) is 0 Å². The molecule has 0 nitrogen and oxygen atoms in total. The lowest BCUT2D eigenvalue weighted by atomic mass is 10.1. The maximum Gasteiger partial charge on any atom is 0.0406 e. The molecule has 0 saturated heterocycles. The van der Waals surface area contributed by atoms with Crippen molar-refractivity contribution in [3.05, 3.63) is 41.3 Å². The summed E-state index contributed by atoms with van der Waals surface area (Å²) >= 11 is 5.74. The fourth-order valence-electron chi connectivity index (χ4n) is 0.962. The van der Waals surface area contributed by atoms with Crippen molar-refractivity contribution in [2.45, 2.75) is 19.8 Å². The number of aryl methyl sites for hydroxylation is 1. The largest absolute Gasteiger partial charge is 0.0843 e. The van der Waals surface area contributed by atoms with E-state index in [0.29, 0.717) is 0 Å². The minimum Gasteiger partial charge on any atom is -0.0843 e. The number of hydrogen-bond acceptors (Lipinski definition) is 0. The molecule has 0 bridgehead atoms. The predicted octanol–water partition coefficient (Wildman–Crippen LogP) is 3.50. The molecule has 11 heavy (non-hydrogen) atoms. The quantitative estimate of drug-likeness (QED) is 0.647. The molecule has 0 fully saturated rings. The highest BCUT2D eigenvalue weighted by molar-refractivity contribution is 6.30. The maximum atomic E-state index is 5.74. The molecule has 0 N–H and O–H groups in total. The van der Waals surface area contributed by atoms with Gasteiger partial charge in [0.05, 0.1) is 0 Å². The van der Waals surface area contributed by atoms with E-state index >= 15 is 0 Å². The van der Waals surface area contributed by atoms with E-state index in [4.69, 9.17) is 11.6 Å². The lowest BCUT2D eigenvalue weighted by Gasteiger charge is -1.98. The number of halogens is 1. The van der Waals surface area contributed by atoms with Crippen LogP contribution >= 0.6 is 11.6 Å². The van der Waals surface area contributed by atoms with Gasteiger partial charge in [0, 0.05) is 5.02 Å². The molecule has 0 atom stereocenters. The first-order valence-electron chi connectivity index (χ1n) is 3.85. The number of unbranched alkanes of at least 4 members (excludes halogenated alkanes) is 1. The van der Waals surface area contributed by atoms with Gasteiger partial charge < -0.3 is 0 Å². The van der Waals surface area contributed by atoms with Crippen LogP contribution in [0, 0.1) is 6.42 Å². The zero-order valence-corrected chi connectivity index (χ0v) is 7.43. The fourth-order valence-corrected chi connectivity index (χ4v) is 1.09. The van der Waals surface area contributed by atoms with Gasteiger partial charge in [0.25, 0.3) is 0 Å². The third kappa shape index (κ3) is 2.94. The molecule has 0 aliphatic rings. The first-order chi connectivity index (χ1) is 5.33. The summed E-state index contributed by atoms with van der Waals surface area (Å²) in [5, 5.41) is 0.814. The summed E-state index contributed by atoms with van der Waals surface area (Å²) in [6, 6.07) is 8.02. The van der Waals surface area contributed by atoms with Crippen LogP contribution in [0.15, 0.2) is 24.3 Å². The summed E-state index contributed by atoms with van der Waals surface area (Å²) in [7, 11) is 0. The van der Waals surface area contributed by atoms with Gasteiger partial charge in [-0.05, 0) is 37.0 Å². The summed E-state index contributed by atoms with van der Waals surface area (Å²) in [6.07, 6.45) is 4.43. The van der Waals surface area contributed by atoms with Gasteiger partial charge in [-0.25, -0.2) is 0 Å². The standard InChI is InChI=1S/C10H12Cl/c1-2-3-4-9-5-7-10(11)8-6-9/h2,5-8H,3-4H2,1H3. The highest BCUT2D eigenvalue weighted by atomic mass is 35.5. The fraction of sp³-hybridized carbons (Fsp3) is 0.300. The van der Waals surface area contributed by atoms with Crippen molar-refractivity contribution >= 4 is 11.6 Å². The first kappa shape index (κ1) is 8.61. The molecule has 0 aromatic heterocycles. The molecule has 0 aliphatic heterocycles. The molecule has 0 heterocycles. The van der Waals surface area contributed by atoms with Crippen molar-refractivity contribution < 1.29 is 0 Å². The average molecular weight is 168 g/mol. The Hall–Kier alpha value is -0.490. The summed E-state index contributed by atoms with van der Waals surface area (Å²) in [6.45, 7) is 2.08. The Morgan fingerprint density at radius 1 is 1.27 bits per heavy atom. The molecule has 59 valence electrons. The minimum atomic E-state index is 0.814. The molecular formula is C10H12Cl. The maximum absolute atomic E-state index is 5.74. The van der Waals surface area contributed by atoms with E-state index in [1.165, 1.54) is 5.56 Å². The van der Waals surface area contributed by atoms with Crippen LogP contribution in [-0.4, -0.2) is 0 Å². The van der Waals surface area contributed by atoms with E-state index in [1.807, 2.05) is 12.1 Å². The van der Waals surface area contributed by atoms with Gasteiger partial charge in [-0.3, -0.25) is 0 Å². The van der Waals surface area contributed by atoms with Crippen LogP contribution in [0.5, 0.6) is 0 Å². The summed E-state index contributed by atoms with van der Waals surface area (Å²) in [5.74, 6) is 0. The lowest BCUT2D eigenvalue weighted by Crippen LogP contribution is -1.82. The van der Waals surface area contributed by atoms with Crippen molar-refractivity contribution in [3.63, 3.8) is 0 Å². The van der Waals surface area contributed by atoms with Crippen molar-refractivity contribution in [1.82, 2.24) is 0 Å². The van der Waals surface area contributed by atoms with E-state index in [2.05, 4.69) is 25.5 Å². The molecule has 1 aromatic rings. The third-order valence-corrected chi connectivity index (χ3v) is 1.89. The minimum absolute atomic E-state index is 0.814. The van der Waals surface area contributed by atoms with Gasteiger partial charge in [-0.15, -0.1) is 0 Å². The van der Waals surface area contributed by atoms with E-state index in [9.17, 15) is 0 Å². The number of hydrogen-bond donors (Lipinski definition) is 0. The van der Waals surface area contributed by atoms with Crippen LogP contribution in [0.25, 0.3) is 0 Å². The number of benzene rings is 1. The molecule has 1 radical (unpaired) electrons. The molecule has 0 spiro atoms. The van der Waals surface area contributed by atoms with Gasteiger partial charge in [0.2, 0.25) is 0 Å². The second-order valence-electron chi connectivity index (χ2n) is 2.57. The van der Waals surface area contributed by atoms with Crippen LogP contribution in [0.4, 0.5) is 0 Å². The Bertz CT molecular complexity index is 201. The Balaban J connectivity index is 2.52. The van der Waals surface area contributed by atoms with Crippen LogP contribution in [-0.2, 0) is 6.42 Å². The SMILES string of the molecule is C[CH]CCc1ccc(Cl)cc1. The van der Waals surface area contributed by atoms with E-state index in [-0.39, 0.29) is 0 Å². The van der Waals surface area contributed by atoms with Crippen molar-refractivity contribution in [2.75, 3.05) is 0 Å². The molecular weight excluding hydrogens is 156 g/mol. The van der Waals surface area contributed by atoms with Crippen molar-refractivity contribution in [2.24, 2.45) is 0 Å². The van der Waals surface area contributed by atoms with Gasteiger partial charge in [-0.2, -0.15) is 0 Å². The van der Waals surface area contributed by atoms with Gasteiger partial charge in [0.1, 0.15) is 0 Å². The molecule has 0 amide bonds. The molecule has 0 unspecified atom stereocenters. The summed E-state index contributed by atoms with van der Waals surface area (Å²) in [4.78, 5) is 0. The summed E-state index contributed by atoms with van der Waals surface area (Å²) < 4.78 is 0. The smallest absolute Gasteiger partial charge is 0.0406 e. The van der Waals surface area contributed by atoms with Crippen LogP contribution in [0.2, 0.25) is 5.02 Å². The average Bonchev–Trinajstić information content (AvgIpc) is 2.04. The highest BCUT2D eigenvalue weighted by Gasteiger charge is 1.91. The Morgan fingerprint density at radius 2 is 1.91 bits per heavy atom. The zero-order chi connectivity index (χ0) is 8.10. The van der Waals surface area contributed by atoms with Crippen LogP contribution in [0.3, 0.4) is 0 Å². The first-order valence-corrected chi connectivity index (χ1v) is 4.23. The predicted molar refractivity (Wildman–Crippen MR) is 49.7 cm³/mol. The Labute approximate surface area is 73.2 Å². The monoisotopic (exact) mass is 167 g/mol. The molecule has 1 rings (SSSR count). The van der Waals surface area contributed by atoms with Crippen molar-refractivity contribution in [1.29, 1.82) is 0 Å². The zero-order valence-electron chi connectivity index (χ0n) is 6.68. The third-order valence-electron chi connectivity index (χ3n) is 1.63.